The van der Waals surface area contributed by atoms with Gasteiger partial charge in [-0.15, -0.1) is 0 Å². The molecule has 1 amide bonds. The molecule has 0 aliphatic heterocycles. The van der Waals surface area contributed by atoms with Crippen molar-refractivity contribution in [3.63, 3.8) is 0 Å². The third-order valence-corrected chi connectivity index (χ3v) is 2.81. The van der Waals surface area contributed by atoms with Crippen molar-refractivity contribution in [3.05, 3.63) is 0 Å². The molecule has 2 unspecified atom stereocenters. The minimum absolute atomic E-state index is 0.0406. The highest BCUT2D eigenvalue weighted by Gasteiger charge is 2.15. The van der Waals surface area contributed by atoms with Crippen LogP contribution < -0.4 is 10.6 Å². The number of rotatable bonds is 8. The molecule has 4 nitrogen and oxygen atoms in total. The Labute approximate surface area is 98.8 Å². The van der Waals surface area contributed by atoms with E-state index in [9.17, 15) is 4.79 Å². The summed E-state index contributed by atoms with van der Waals surface area (Å²) in [6.45, 7) is 8.74. The van der Waals surface area contributed by atoms with Crippen LogP contribution in [0.25, 0.3) is 0 Å². The first-order chi connectivity index (χ1) is 7.54. The predicted molar refractivity (Wildman–Crippen MR) is 66.2 cm³/mol. The maximum absolute atomic E-state index is 11.7. The van der Waals surface area contributed by atoms with E-state index in [4.69, 9.17) is 5.11 Å². The smallest absolute Gasteiger partial charge is 0.237 e. The molecule has 0 fully saturated rings. The average Bonchev–Trinajstić information content (AvgIpc) is 2.31. The van der Waals surface area contributed by atoms with E-state index in [1.165, 1.54) is 0 Å². The van der Waals surface area contributed by atoms with Gasteiger partial charge in [0.15, 0.2) is 0 Å². The van der Waals surface area contributed by atoms with E-state index in [-0.39, 0.29) is 30.5 Å². The molecule has 0 bridgehead atoms. The maximum atomic E-state index is 11.7. The van der Waals surface area contributed by atoms with Crippen molar-refractivity contribution < 1.29 is 9.90 Å². The fraction of sp³-hybridized carbons (Fsp3) is 0.917. The van der Waals surface area contributed by atoms with Crippen LogP contribution in [0.2, 0.25) is 0 Å². The van der Waals surface area contributed by atoms with Crippen molar-refractivity contribution in [3.8, 4) is 0 Å². The van der Waals surface area contributed by atoms with Crippen LogP contribution in [0.15, 0.2) is 0 Å². The van der Waals surface area contributed by atoms with E-state index < -0.39 is 0 Å². The van der Waals surface area contributed by atoms with E-state index in [0.717, 1.165) is 12.8 Å². The van der Waals surface area contributed by atoms with Gasteiger partial charge in [0, 0.05) is 19.2 Å². The second-order valence-electron chi connectivity index (χ2n) is 4.44. The van der Waals surface area contributed by atoms with E-state index in [1.54, 1.807) is 0 Å². The Kier molecular flexibility index (Phi) is 8.21. The predicted octanol–water partition coefficient (Wildman–Crippen LogP) is 0.898. The lowest BCUT2D eigenvalue weighted by molar-refractivity contribution is -0.123. The fourth-order valence-corrected chi connectivity index (χ4v) is 1.35. The van der Waals surface area contributed by atoms with Crippen LogP contribution in [-0.4, -0.2) is 36.2 Å². The molecular formula is C12H26N2O2. The standard InChI is InChI=1S/C12H26N2O2/c1-5-11(6-2)14-12(16)10(4)13-7-9(3)8-15/h9-11,13,15H,5-8H2,1-4H3,(H,14,16). The van der Waals surface area contributed by atoms with Gasteiger partial charge in [-0.25, -0.2) is 0 Å². The molecule has 0 saturated heterocycles. The summed E-state index contributed by atoms with van der Waals surface area (Å²) >= 11 is 0. The zero-order valence-corrected chi connectivity index (χ0v) is 10.9. The zero-order chi connectivity index (χ0) is 12.6. The summed E-state index contributed by atoms with van der Waals surface area (Å²) < 4.78 is 0. The first-order valence-electron chi connectivity index (χ1n) is 6.19. The average molecular weight is 230 g/mol. The molecule has 2 atom stereocenters. The molecule has 0 aromatic heterocycles. The Hall–Kier alpha value is -0.610. The zero-order valence-electron chi connectivity index (χ0n) is 10.9. The van der Waals surface area contributed by atoms with Crippen LogP contribution in [0.4, 0.5) is 0 Å². The number of aliphatic hydroxyl groups is 1. The quantitative estimate of drug-likeness (QED) is 0.580. The Morgan fingerprint density at radius 2 is 1.81 bits per heavy atom. The van der Waals surface area contributed by atoms with Crippen LogP contribution in [0, 0.1) is 5.92 Å². The third-order valence-electron chi connectivity index (χ3n) is 2.81. The number of carbonyl (C=O) groups excluding carboxylic acids is 1. The van der Waals surface area contributed by atoms with Gasteiger partial charge < -0.3 is 15.7 Å². The van der Waals surface area contributed by atoms with Gasteiger partial charge in [-0.1, -0.05) is 20.8 Å². The van der Waals surface area contributed by atoms with Crippen molar-refractivity contribution >= 4 is 5.91 Å². The second-order valence-corrected chi connectivity index (χ2v) is 4.44. The van der Waals surface area contributed by atoms with E-state index >= 15 is 0 Å². The van der Waals surface area contributed by atoms with Gasteiger partial charge in [0.2, 0.25) is 5.91 Å². The molecule has 0 saturated carbocycles. The van der Waals surface area contributed by atoms with Crippen LogP contribution >= 0.6 is 0 Å². The Morgan fingerprint density at radius 1 is 1.25 bits per heavy atom. The molecule has 0 rings (SSSR count). The van der Waals surface area contributed by atoms with Gasteiger partial charge in [-0.05, 0) is 25.7 Å². The molecule has 0 radical (unpaired) electrons. The molecule has 0 aliphatic carbocycles. The lowest BCUT2D eigenvalue weighted by Gasteiger charge is -2.20. The number of aliphatic hydroxyl groups excluding tert-OH is 1. The minimum Gasteiger partial charge on any atom is -0.396 e. The van der Waals surface area contributed by atoms with Crippen molar-refractivity contribution in [2.45, 2.75) is 52.6 Å². The van der Waals surface area contributed by atoms with Gasteiger partial charge in [-0.2, -0.15) is 0 Å². The van der Waals surface area contributed by atoms with Gasteiger partial charge in [0.05, 0.1) is 6.04 Å². The molecule has 4 heteroatoms. The summed E-state index contributed by atoms with van der Waals surface area (Å²) in [5.74, 6) is 0.224. The molecule has 16 heavy (non-hydrogen) atoms. The highest BCUT2D eigenvalue weighted by Crippen LogP contribution is 1.97. The summed E-state index contributed by atoms with van der Waals surface area (Å²) in [5.41, 5.74) is 0. The summed E-state index contributed by atoms with van der Waals surface area (Å²) in [6, 6.07) is 0.0709. The summed E-state index contributed by atoms with van der Waals surface area (Å²) in [6.07, 6.45) is 1.92. The Morgan fingerprint density at radius 3 is 2.25 bits per heavy atom. The van der Waals surface area contributed by atoms with Gasteiger partial charge in [-0.3, -0.25) is 4.79 Å². The van der Waals surface area contributed by atoms with Crippen LogP contribution in [0.1, 0.15) is 40.5 Å². The topological polar surface area (TPSA) is 61.4 Å². The molecule has 0 spiro atoms. The van der Waals surface area contributed by atoms with Crippen molar-refractivity contribution in [1.29, 1.82) is 0 Å². The molecule has 0 aromatic carbocycles. The van der Waals surface area contributed by atoms with Gasteiger partial charge in [0.25, 0.3) is 0 Å². The van der Waals surface area contributed by atoms with E-state index in [2.05, 4.69) is 24.5 Å². The Balaban J connectivity index is 3.89. The third kappa shape index (κ3) is 6.08. The first-order valence-corrected chi connectivity index (χ1v) is 6.19. The minimum atomic E-state index is -0.199. The number of hydrogen-bond acceptors (Lipinski definition) is 3. The number of amides is 1. The van der Waals surface area contributed by atoms with Crippen molar-refractivity contribution in [1.82, 2.24) is 10.6 Å². The normalized spacial score (nSPS) is 14.9. The molecule has 0 aliphatic rings. The molecule has 3 N–H and O–H groups in total. The summed E-state index contributed by atoms with van der Waals surface area (Å²) in [5, 5.41) is 15.0. The first kappa shape index (κ1) is 15.4. The van der Waals surface area contributed by atoms with Crippen LogP contribution in [-0.2, 0) is 4.79 Å². The molecule has 0 heterocycles. The number of nitrogens with one attached hydrogen (secondary N) is 2. The highest BCUT2D eigenvalue weighted by molar-refractivity contribution is 5.81. The summed E-state index contributed by atoms with van der Waals surface area (Å²) in [7, 11) is 0. The van der Waals surface area contributed by atoms with Crippen LogP contribution in [0.5, 0.6) is 0 Å². The van der Waals surface area contributed by atoms with Crippen LogP contribution in [0.3, 0.4) is 0 Å². The maximum Gasteiger partial charge on any atom is 0.237 e. The van der Waals surface area contributed by atoms with E-state index in [1.807, 2.05) is 13.8 Å². The SMILES string of the molecule is CCC(CC)NC(=O)C(C)NCC(C)CO. The largest absolute Gasteiger partial charge is 0.396 e. The lowest BCUT2D eigenvalue weighted by atomic mass is 10.1. The summed E-state index contributed by atoms with van der Waals surface area (Å²) in [4.78, 5) is 11.7. The lowest BCUT2D eigenvalue weighted by Crippen LogP contribution is -2.47. The van der Waals surface area contributed by atoms with Gasteiger partial charge >= 0.3 is 0 Å². The monoisotopic (exact) mass is 230 g/mol. The van der Waals surface area contributed by atoms with Crippen molar-refractivity contribution in [2.24, 2.45) is 5.92 Å². The van der Waals surface area contributed by atoms with E-state index in [0.29, 0.717) is 6.54 Å². The second kappa shape index (κ2) is 8.53. The molecule has 0 aromatic rings. The molecule has 96 valence electrons. The fourth-order valence-electron chi connectivity index (χ4n) is 1.35. The number of hydrogen-bond donors (Lipinski definition) is 3. The highest BCUT2D eigenvalue weighted by atomic mass is 16.3. The Bertz CT molecular complexity index is 193. The molecular weight excluding hydrogens is 204 g/mol. The number of carbonyl (C=O) groups is 1. The van der Waals surface area contributed by atoms with Gasteiger partial charge in [0.1, 0.15) is 0 Å². The van der Waals surface area contributed by atoms with Crippen molar-refractivity contribution in [2.75, 3.05) is 13.2 Å².